The van der Waals surface area contributed by atoms with E-state index >= 15 is 0 Å². The number of carbonyl (C=O) groups is 2. The lowest BCUT2D eigenvalue weighted by atomic mass is 10.0. The Morgan fingerprint density at radius 1 is 1.14 bits per heavy atom. The van der Waals surface area contributed by atoms with E-state index in [1.54, 1.807) is 0 Å². The summed E-state index contributed by atoms with van der Waals surface area (Å²) in [6, 6.07) is 7.68. The average Bonchev–Trinajstić information content (AvgIpc) is 3.35. The summed E-state index contributed by atoms with van der Waals surface area (Å²) in [6.07, 6.45) is 4.08. The predicted molar refractivity (Wildman–Crippen MR) is 85.6 cm³/mol. The normalized spacial score (nSPS) is 19.0. The Hall–Kier alpha value is -1.55. The molecule has 1 aliphatic carbocycles. The summed E-state index contributed by atoms with van der Waals surface area (Å²) in [7, 11) is 0. The van der Waals surface area contributed by atoms with Gasteiger partial charge in [0.15, 0.2) is 0 Å². The highest BCUT2D eigenvalue weighted by molar-refractivity contribution is 6.31. The molecule has 0 aromatic heterocycles. The molecule has 1 saturated heterocycles. The molecular formula is C17H21ClN2O2. The maximum Gasteiger partial charge on any atom is 0.227 e. The second-order valence-electron chi connectivity index (χ2n) is 6.21. The number of rotatable bonds is 4. The summed E-state index contributed by atoms with van der Waals surface area (Å²) in [4.78, 5) is 26.0. The van der Waals surface area contributed by atoms with Gasteiger partial charge in [0.25, 0.3) is 0 Å². The van der Waals surface area contributed by atoms with Crippen molar-refractivity contribution in [2.45, 2.75) is 38.1 Å². The first-order valence-electron chi connectivity index (χ1n) is 7.95. The number of hydrogen-bond donors (Lipinski definition) is 1. The van der Waals surface area contributed by atoms with Crippen LogP contribution in [0.15, 0.2) is 24.3 Å². The molecule has 1 heterocycles. The highest BCUT2D eigenvalue weighted by Crippen LogP contribution is 2.29. The van der Waals surface area contributed by atoms with Gasteiger partial charge in [-0.3, -0.25) is 9.59 Å². The monoisotopic (exact) mass is 320 g/mol. The number of likely N-dealkylation sites (tertiary alicyclic amines) is 1. The zero-order valence-corrected chi connectivity index (χ0v) is 13.3. The van der Waals surface area contributed by atoms with Crippen molar-refractivity contribution in [1.29, 1.82) is 0 Å². The molecule has 0 radical (unpaired) electrons. The van der Waals surface area contributed by atoms with Crippen molar-refractivity contribution in [3.63, 3.8) is 0 Å². The number of nitrogens with one attached hydrogen (secondary N) is 1. The van der Waals surface area contributed by atoms with Crippen LogP contribution in [0.4, 0.5) is 0 Å². The van der Waals surface area contributed by atoms with Crippen LogP contribution in [0, 0.1) is 5.92 Å². The third-order valence-corrected chi connectivity index (χ3v) is 4.81. The average molecular weight is 321 g/mol. The number of nitrogens with zero attached hydrogens (tertiary/aromatic N) is 1. The van der Waals surface area contributed by atoms with Gasteiger partial charge in [-0.1, -0.05) is 29.8 Å². The molecule has 5 heteroatoms. The van der Waals surface area contributed by atoms with Gasteiger partial charge >= 0.3 is 0 Å². The molecule has 1 N–H and O–H groups in total. The lowest BCUT2D eigenvalue weighted by molar-refractivity contribution is -0.131. The van der Waals surface area contributed by atoms with Crippen LogP contribution in [0.1, 0.15) is 31.2 Å². The third kappa shape index (κ3) is 3.80. The number of halogens is 1. The lowest BCUT2D eigenvalue weighted by Gasteiger charge is -2.32. The molecule has 2 fully saturated rings. The van der Waals surface area contributed by atoms with E-state index < -0.39 is 0 Å². The van der Waals surface area contributed by atoms with Gasteiger partial charge in [0.2, 0.25) is 11.8 Å². The largest absolute Gasteiger partial charge is 0.353 e. The minimum absolute atomic E-state index is 0.111. The number of benzene rings is 1. The van der Waals surface area contributed by atoms with Crippen molar-refractivity contribution >= 4 is 23.4 Å². The maximum absolute atomic E-state index is 12.3. The molecular weight excluding hydrogens is 300 g/mol. The second kappa shape index (κ2) is 6.69. The molecule has 118 valence electrons. The number of piperidine rings is 1. The van der Waals surface area contributed by atoms with Gasteiger partial charge in [0.1, 0.15) is 0 Å². The molecule has 0 spiro atoms. The van der Waals surface area contributed by atoms with E-state index in [9.17, 15) is 9.59 Å². The molecule has 2 amide bonds. The van der Waals surface area contributed by atoms with Crippen molar-refractivity contribution in [2.75, 3.05) is 13.1 Å². The van der Waals surface area contributed by atoms with Crippen molar-refractivity contribution in [3.05, 3.63) is 34.9 Å². The first-order valence-corrected chi connectivity index (χ1v) is 8.33. The summed E-state index contributed by atoms with van der Waals surface area (Å²) in [6.45, 7) is 1.41. The molecule has 3 rings (SSSR count). The molecule has 4 nitrogen and oxygen atoms in total. The fraction of sp³-hybridized carbons (Fsp3) is 0.529. The minimum Gasteiger partial charge on any atom is -0.353 e. The van der Waals surface area contributed by atoms with Crippen molar-refractivity contribution in [3.8, 4) is 0 Å². The van der Waals surface area contributed by atoms with E-state index in [-0.39, 0.29) is 23.8 Å². The Morgan fingerprint density at radius 2 is 1.82 bits per heavy atom. The van der Waals surface area contributed by atoms with Crippen LogP contribution in [0.5, 0.6) is 0 Å². The van der Waals surface area contributed by atoms with E-state index in [2.05, 4.69) is 5.32 Å². The zero-order chi connectivity index (χ0) is 15.5. The second-order valence-corrected chi connectivity index (χ2v) is 6.61. The SMILES string of the molecule is O=C(NC1CCN(C(=O)Cc2ccccc2Cl)CC1)C1CC1. The van der Waals surface area contributed by atoms with E-state index in [4.69, 9.17) is 11.6 Å². The topological polar surface area (TPSA) is 49.4 Å². The van der Waals surface area contributed by atoms with Gasteiger partial charge in [-0.15, -0.1) is 0 Å². The lowest BCUT2D eigenvalue weighted by Crippen LogP contribution is -2.47. The zero-order valence-electron chi connectivity index (χ0n) is 12.6. The maximum atomic E-state index is 12.3. The minimum atomic E-state index is 0.111. The number of amides is 2. The Labute approximate surface area is 135 Å². The summed E-state index contributed by atoms with van der Waals surface area (Å²) in [5.74, 6) is 0.556. The molecule has 22 heavy (non-hydrogen) atoms. The van der Waals surface area contributed by atoms with Gasteiger partial charge in [0, 0.05) is 30.1 Å². The van der Waals surface area contributed by atoms with Gasteiger partial charge in [-0.25, -0.2) is 0 Å². The van der Waals surface area contributed by atoms with Crippen molar-refractivity contribution in [2.24, 2.45) is 5.92 Å². The molecule has 1 aromatic rings. The molecule has 1 aliphatic heterocycles. The number of carbonyl (C=O) groups excluding carboxylic acids is 2. The molecule has 0 unspecified atom stereocenters. The standard InChI is InChI=1S/C17H21ClN2O2/c18-15-4-2-1-3-13(15)11-16(21)20-9-7-14(8-10-20)19-17(22)12-5-6-12/h1-4,12,14H,5-11H2,(H,19,22). The third-order valence-electron chi connectivity index (χ3n) is 4.44. The molecule has 0 bridgehead atoms. The van der Waals surface area contributed by atoms with E-state index in [1.165, 1.54) is 0 Å². The quantitative estimate of drug-likeness (QED) is 0.926. The van der Waals surface area contributed by atoms with Gasteiger partial charge in [-0.2, -0.15) is 0 Å². The molecule has 1 aromatic carbocycles. The Bertz CT molecular complexity index is 564. The van der Waals surface area contributed by atoms with Crippen molar-refractivity contribution in [1.82, 2.24) is 10.2 Å². The van der Waals surface area contributed by atoms with Crippen LogP contribution in [0.25, 0.3) is 0 Å². The predicted octanol–water partition coefficient (Wildman–Crippen LogP) is 2.40. The summed E-state index contributed by atoms with van der Waals surface area (Å²) in [5.41, 5.74) is 0.873. The summed E-state index contributed by atoms with van der Waals surface area (Å²) < 4.78 is 0. The Balaban J connectivity index is 1.47. The van der Waals surface area contributed by atoms with Crippen LogP contribution in [0.2, 0.25) is 5.02 Å². The van der Waals surface area contributed by atoms with E-state index in [0.29, 0.717) is 24.5 Å². The number of hydrogen-bond acceptors (Lipinski definition) is 2. The van der Waals surface area contributed by atoms with Crippen LogP contribution < -0.4 is 5.32 Å². The Kier molecular flexibility index (Phi) is 4.67. The first kappa shape index (κ1) is 15.3. The summed E-state index contributed by atoms with van der Waals surface area (Å²) in [5, 5.41) is 3.74. The first-order chi connectivity index (χ1) is 10.6. The fourth-order valence-electron chi connectivity index (χ4n) is 2.85. The van der Waals surface area contributed by atoms with Crippen LogP contribution in [-0.2, 0) is 16.0 Å². The van der Waals surface area contributed by atoms with E-state index in [1.807, 2.05) is 29.2 Å². The van der Waals surface area contributed by atoms with E-state index in [0.717, 1.165) is 31.2 Å². The molecule has 1 saturated carbocycles. The van der Waals surface area contributed by atoms with Gasteiger partial charge in [-0.05, 0) is 37.3 Å². The molecule has 0 atom stereocenters. The summed E-state index contributed by atoms with van der Waals surface area (Å²) >= 11 is 6.11. The highest BCUT2D eigenvalue weighted by atomic mass is 35.5. The van der Waals surface area contributed by atoms with Gasteiger partial charge in [0.05, 0.1) is 6.42 Å². The van der Waals surface area contributed by atoms with Crippen LogP contribution in [0.3, 0.4) is 0 Å². The van der Waals surface area contributed by atoms with Crippen LogP contribution in [-0.4, -0.2) is 35.8 Å². The fourth-order valence-corrected chi connectivity index (χ4v) is 3.06. The highest BCUT2D eigenvalue weighted by Gasteiger charge is 2.32. The van der Waals surface area contributed by atoms with Gasteiger partial charge < -0.3 is 10.2 Å². The van der Waals surface area contributed by atoms with Crippen molar-refractivity contribution < 1.29 is 9.59 Å². The smallest absolute Gasteiger partial charge is 0.227 e. The van der Waals surface area contributed by atoms with Crippen LogP contribution >= 0.6 is 11.6 Å². The molecule has 2 aliphatic rings. The Morgan fingerprint density at radius 3 is 2.45 bits per heavy atom.